The molecule has 2 heterocycles. The van der Waals surface area contributed by atoms with Crippen LogP contribution in [-0.2, 0) is 0 Å². The van der Waals surface area contributed by atoms with Crippen LogP contribution in [0.5, 0.6) is 0 Å². The molecular formula is C10H13NO3. The molecule has 76 valence electrons. The van der Waals surface area contributed by atoms with Gasteiger partial charge in [-0.15, -0.1) is 0 Å². The Labute approximate surface area is 82.1 Å². The second-order valence-corrected chi connectivity index (χ2v) is 3.60. The SMILES string of the molecule is Cc1ccc(C(=O)N2CC[C@@H](O)C2)o1. The van der Waals surface area contributed by atoms with Gasteiger partial charge in [0.05, 0.1) is 6.10 Å². The molecule has 0 radical (unpaired) electrons. The van der Waals surface area contributed by atoms with E-state index in [4.69, 9.17) is 4.42 Å². The zero-order chi connectivity index (χ0) is 10.1. The molecule has 1 amide bonds. The fraction of sp³-hybridized carbons (Fsp3) is 0.500. The van der Waals surface area contributed by atoms with Crippen LogP contribution in [0.25, 0.3) is 0 Å². The average molecular weight is 195 g/mol. The maximum Gasteiger partial charge on any atom is 0.289 e. The van der Waals surface area contributed by atoms with E-state index in [1.54, 1.807) is 24.0 Å². The molecule has 1 aliphatic rings. The van der Waals surface area contributed by atoms with E-state index < -0.39 is 0 Å². The second-order valence-electron chi connectivity index (χ2n) is 3.60. The molecular weight excluding hydrogens is 182 g/mol. The Bertz CT molecular complexity index is 345. The molecule has 0 spiro atoms. The summed E-state index contributed by atoms with van der Waals surface area (Å²) in [4.78, 5) is 13.3. The highest BCUT2D eigenvalue weighted by Crippen LogP contribution is 2.15. The third-order valence-corrected chi connectivity index (χ3v) is 2.40. The number of hydrogen-bond donors (Lipinski definition) is 1. The lowest BCUT2D eigenvalue weighted by Crippen LogP contribution is -2.29. The number of nitrogens with zero attached hydrogens (tertiary/aromatic N) is 1. The summed E-state index contributed by atoms with van der Waals surface area (Å²) in [6.45, 7) is 2.83. The second kappa shape index (κ2) is 3.46. The normalized spacial score (nSPS) is 21.6. The van der Waals surface area contributed by atoms with Crippen molar-refractivity contribution in [3.8, 4) is 0 Å². The maximum absolute atomic E-state index is 11.7. The maximum atomic E-state index is 11.7. The van der Waals surface area contributed by atoms with Crippen LogP contribution in [0.2, 0.25) is 0 Å². The van der Waals surface area contributed by atoms with Gasteiger partial charge in [0.25, 0.3) is 5.91 Å². The first-order valence-corrected chi connectivity index (χ1v) is 4.70. The van der Waals surface area contributed by atoms with Gasteiger partial charge in [-0.1, -0.05) is 0 Å². The summed E-state index contributed by atoms with van der Waals surface area (Å²) in [7, 11) is 0. The third kappa shape index (κ3) is 1.65. The first-order chi connectivity index (χ1) is 6.66. The zero-order valence-corrected chi connectivity index (χ0v) is 8.06. The van der Waals surface area contributed by atoms with Crippen molar-refractivity contribution >= 4 is 5.91 Å². The Hall–Kier alpha value is -1.29. The number of likely N-dealkylation sites (tertiary alicyclic amines) is 1. The monoisotopic (exact) mass is 195 g/mol. The highest BCUT2D eigenvalue weighted by molar-refractivity contribution is 5.91. The number of carbonyl (C=O) groups excluding carboxylic acids is 1. The fourth-order valence-electron chi connectivity index (χ4n) is 1.63. The molecule has 14 heavy (non-hydrogen) atoms. The number of rotatable bonds is 1. The molecule has 1 fully saturated rings. The van der Waals surface area contributed by atoms with Crippen molar-refractivity contribution in [2.75, 3.05) is 13.1 Å². The van der Waals surface area contributed by atoms with Crippen molar-refractivity contribution in [2.24, 2.45) is 0 Å². The zero-order valence-electron chi connectivity index (χ0n) is 8.06. The van der Waals surface area contributed by atoms with Gasteiger partial charge in [0.15, 0.2) is 5.76 Å². The minimum Gasteiger partial charge on any atom is -0.456 e. The van der Waals surface area contributed by atoms with Crippen molar-refractivity contribution in [1.82, 2.24) is 4.90 Å². The summed E-state index contributed by atoms with van der Waals surface area (Å²) in [5.41, 5.74) is 0. The van der Waals surface area contributed by atoms with Gasteiger partial charge in [-0.2, -0.15) is 0 Å². The van der Waals surface area contributed by atoms with Crippen molar-refractivity contribution in [3.05, 3.63) is 23.7 Å². The number of amides is 1. The van der Waals surface area contributed by atoms with Gasteiger partial charge in [-0.3, -0.25) is 4.79 Å². The van der Waals surface area contributed by atoms with Crippen LogP contribution in [0.3, 0.4) is 0 Å². The van der Waals surface area contributed by atoms with Crippen LogP contribution >= 0.6 is 0 Å². The van der Waals surface area contributed by atoms with E-state index in [1.165, 1.54) is 0 Å². The Morgan fingerprint density at radius 3 is 2.93 bits per heavy atom. The van der Waals surface area contributed by atoms with Gasteiger partial charge >= 0.3 is 0 Å². The van der Waals surface area contributed by atoms with Crippen molar-refractivity contribution < 1.29 is 14.3 Å². The number of aryl methyl sites for hydroxylation is 1. The van der Waals surface area contributed by atoms with Gasteiger partial charge in [-0.25, -0.2) is 0 Å². The van der Waals surface area contributed by atoms with Crippen LogP contribution < -0.4 is 0 Å². The molecule has 4 heteroatoms. The predicted octanol–water partition coefficient (Wildman–Crippen LogP) is 0.795. The largest absolute Gasteiger partial charge is 0.456 e. The quantitative estimate of drug-likeness (QED) is 0.721. The Balaban J connectivity index is 2.09. The minimum atomic E-state index is -0.380. The Kier molecular flexibility index (Phi) is 2.29. The molecule has 1 aromatic heterocycles. The summed E-state index contributed by atoms with van der Waals surface area (Å²) >= 11 is 0. The third-order valence-electron chi connectivity index (χ3n) is 2.40. The van der Waals surface area contributed by atoms with Gasteiger partial charge in [0, 0.05) is 13.1 Å². The summed E-state index contributed by atoms with van der Waals surface area (Å²) in [6, 6.07) is 3.43. The van der Waals surface area contributed by atoms with Gasteiger partial charge < -0.3 is 14.4 Å². The number of β-amino-alcohol motifs (C(OH)–C–C–N with tert-alkyl or cyclic N) is 1. The summed E-state index contributed by atoms with van der Waals surface area (Å²) in [5.74, 6) is 0.958. The molecule has 0 bridgehead atoms. The number of aliphatic hydroxyl groups excluding tert-OH is 1. The van der Waals surface area contributed by atoms with Crippen molar-refractivity contribution in [3.63, 3.8) is 0 Å². The van der Waals surface area contributed by atoms with E-state index in [0.717, 1.165) is 5.76 Å². The smallest absolute Gasteiger partial charge is 0.289 e. The van der Waals surface area contributed by atoms with Crippen LogP contribution in [-0.4, -0.2) is 35.1 Å². The standard InChI is InChI=1S/C10H13NO3/c1-7-2-3-9(14-7)10(13)11-5-4-8(12)6-11/h2-3,8,12H,4-6H2,1H3/t8-/m1/s1. The lowest BCUT2D eigenvalue weighted by atomic mass is 10.3. The van der Waals surface area contributed by atoms with Crippen molar-refractivity contribution in [1.29, 1.82) is 0 Å². The average Bonchev–Trinajstić information content (AvgIpc) is 2.73. The number of hydrogen-bond acceptors (Lipinski definition) is 3. The van der Waals surface area contributed by atoms with Crippen LogP contribution in [0.4, 0.5) is 0 Å². The Morgan fingerprint density at radius 1 is 1.64 bits per heavy atom. The highest BCUT2D eigenvalue weighted by atomic mass is 16.4. The van der Waals surface area contributed by atoms with E-state index >= 15 is 0 Å². The van der Waals surface area contributed by atoms with E-state index in [1.807, 2.05) is 0 Å². The molecule has 1 aromatic rings. The molecule has 1 saturated heterocycles. The molecule has 0 aliphatic carbocycles. The van der Waals surface area contributed by atoms with E-state index in [2.05, 4.69) is 0 Å². The molecule has 0 unspecified atom stereocenters. The Morgan fingerprint density at radius 2 is 2.43 bits per heavy atom. The van der Waals surface area contributed by atoms with Crippen LogP contribution in [0.1, 0.15) is 22.7 Å². The molecule has 2 rings (SSSR count). The molecule has 1 atom stereocenters. The number of aliphatic hydroxyl groups is 1. The van der Waals surface area contributed by atoms with E-state index in [9.17, 15) is 9.90 Å². The van der Waals surface area contributed by atoms with Crippen LogP contribution in [0.15, 0.2) is 16.5 Å². The first kappa shape index (κ1) is 9.27. The van der Waals surface area contributed by atoms with Gasteiger partial charge in [0.1, 0.15) is 5.76 Å². The number of carbonyl (C=O) groups is 1. The van der Waals surface area contributed by atoms with E-state index in [-0.39, 0.29) is 12.0 Å². The van der Waals surface area contributed by atoms with E-state index in [0.29, 0.717) is 25.3 Å². The molecule has 4 nitrogen and oxygen atoms in total. The fourth-order valence-corrected chi connectivity index (χ4v) is 1.63. The van der Waals surface area contributed by atoms with Gasteiger partial charge in [-0.05, 0) is 25.5 Å². The summed E-state index contributed by atoms with van der Waals surface area (Å²) in [5, 5.41) is 9.28. The van der Waals surface area contributed by atoms with Crippen LogP contribution in [0, 0.1) is 6.92 Å². The molecule has 0 aromatic carbocycles. The minimum absolute atomic E-state index is 0.130. The first-order valence-electron chi connectivity index (χ1n) is 4.70. The topological polar surface area (TPSA) is 53.7 Å². The molecule has 1 N–H and O–H groups in total. The predicted molar refractivity (Wildman–Crippen MR) is 50.0 cm³/mol. The van der Waals surface area contributed by atoms with Crippen molar-refractivity contribution in [2.45, 2.75) is 19.4 Å². The highest BCUT2D eigenvalue weighted by Gasteiger charge is 2.26. The summed E-state index contributed by atoms with van der Waals surface area (Å²) < 4.78 is 5.22. The molecule has 1 aliphatic heterocycles. The number of furan rings is 1. The summed E-state index contributed by atoms with van der Waals surface area (Å²) in [6.07, 6.45) is 0.279. The van der Waals surface area contributed by atoms with Gasteiger partial charge in [0.2, 0.25) is 0 Å². The molecule has 0 saturated carbocycles. The lowest BCUT2D eigenvalue weighted by Gasteiger charge is -2.13. The lowest BCUT2D eigenvalue weighted by molar-refractivity contribution is 0.0732.